The van der Waals surface area contributed by atoms with E-state index in [0.29, 0.717) is 25.4 Å². The molecule has 2 aliphatic rings. The average Bonchev–Trinajstić information content (AvgIpc) is 3.34. The molecule has 142 valence electrons. The fraction of sp³-hybridized carbons (Fsp3) is 0.381. The summed E-state index contributed by atoms with van der Waals surface area (Å²) in [5.74, 6) is 4.41. The highest BCUT2D eigenvalue weighted by Crippen LogP contribution is 2.65. The van der Waals surface area contributed by atoms with E-state index < -0.39 is 0 Å². The average molecular weight is 387 g/mol. The summed E-state index contributed by atoms with van der Waals surface area (Å²) in [6.45, 7) is 3.35. The highest BCUT2D eigenvalue weighted by molar-refractivity contribution is 7.68. The van der Waals surface area contributed by atoms with Crippen LogP contribution in [0.4, 0.5) is 0 Å². The Hall–Kier alpha value is -2.07. The number of ether oxygens (including phenoxy) is 5. The summed E-state index contributed by atoms with van der Waals surface area (Å²) in [7, 11) is 2.94. The van der Waals surface area contributed by atoms with Gasteiger partial charge in [0.05, 0.1) is 39.7 Å². The van der Waals surface area contributed by atoms with Crippen LogP contribution in [0.1, 0.15) is 17.5 Å². The molecule has 2 heterocycles. The third-order valence-electron chi connectivity index (χ3n) is 4.86. The summed E-state index contributed by atoms with van der Waals surface area (Å²) in [5.41, 5.74) is 2.15. The predicted molar refractivity (Wildman–Crippen MR) is 106 cm³/mol. The maximum Gasteiger partial charge on any atom is 0.315 e. The standard InChI is InChI=1S/C21H24O5P/c1-22-16-11-17-20(18(12-16)23-2)25-19(26-21(17)14-27(21)3)9-10-24-13-15-7-5-4-6-8-15/h4-8,11-12,14,19H,9-10,13H2,1-3H3/q+1. The van der Waals surface area contributed by atoms with Crippen LogP contribution in [0.3, 0.4) is 0 Å². The van der Waals surface area contributed by atoms with E-state index in [4.69, 9.17) is 23.7 Å². The lowest BCUT2D eigenvalue weighted by Gasteiger charge is -2.30. The summed E-state index contributed by atoms with van der Waals surface area (Å²) in [6.07, 6.45) is 0.291. The van der Waals surface area contributed by atoms with E-state index in [-0.39, 0.29) is 19.2 Å². The molecule has 27 heavy (non-hydrogen) atoms. The molecule has 0 saturated heterocycles. The van der Waals surface area contributed by atoms with Gasteiger partial charge in [0.1, 0.15) is 13.3 Å². The molecule has 0 aromatic heterocycles. The Kier molecular flexibility index (Phi) is 5.09. The first kappa shape index (κ1) is 18.3. The predicted octanol–water partition coefficient (Wildman–Crippen LogP) is 4.13. The largest absolute Gasteiger partial charge is 0.497 e. The van der Waals surface area contributed by atoms with Crippen molar-refractivity contribution in [2.24, 2.45) is 0 Å². The highest BCUT2D eigenvalue weighted by atomic mass is 31.1. The Morgan fingerprint density at radius 3 is 2.56 bits per heavy atom. The minimum Gasteiger partial charge on any atom is -0.497 e. The van der Waals surface area contributed by atoms with E-state index in [9.17, 15) is 0 Å². The minimum absolute atomic E-state index is 0.355. The van der Waals surface area contributed by atoms with E-state index >= 15 is 0 Å². The summed E-state index contributed by atoms with van der Waals surface area (Å²) in [4.78, 5) is 0. The van der Waals surface area contributed by atoms with E-state index in [2.05, 4.69) is 24.6 Å². The zero-order valence-corrected chi connectivity index (χ0v) is 16.7. The molecule has 0 amide bonds. The Labute approximate surface area is 160 Å². The molecule has 2 aromatic rings. The van der Waals surface area contributed by atoms with Crippen LogP contribution in [0.15, 0.2) is 42.5 Å². The Morgan fingerprint density at radius 2 is 1.89 bits per heavy atom. The van der Waals surface area contributed by atoms with Crippen molar-refractivity contribution in [3.8, 4) is 17.2 Å². The Bertz CT molecular complexity index is 851. The topological polar surface area (TPSA) is 46.2 Å². The van der Waals surface area contributed by atoms with Crippen molar-refractivity contribution in [1.82, 2.24) is 0 Å². The summed E-state index contributed by atoms with van der Waals surface area (Å²) in [5, 5.41) is -0.366. The maximum absolute atomic E-state index is 6.33. The number of benzene rings is 2. The quantitative estimate of drug-likeness (QED) is 0.528. The fourth-order valence-corrected chi connectivity index (χ4v) is 5.17. The van der Waals surface area contributed by atoms with Crippen LogP contribution in [0, 0.1) is 0 Å². The molecular weight excluding hydrogens is 363 g/mol. The molecule has 5 nitrogen and oxygen atoms in total. The molecule has 2 aromatic carbocycles. The third kappa shape index (κ3) is 3.55. The van der Waals surface area contributed by atoms with Crippen LogP contribution in [0.25, 0.3) is 0 Å². The number of methoxy groups -OCH3 is 2. The number of hydrogen-bond acceptors (Lipinski definition) is 5. The van der Waals surface area contributed by atoms with Gasteiger partial charge in [-0.25, -0.2) is 0 Å². The molecular formula is C21H24O5P+. The summed E-state index contributed by atoms with van der Waals surface area (Å²) in [6, 6.07) is 14.0. The van der Waals surface area contributed by atoms with E-state index in [0.717, 1.165) is 22.6 Å². The SMILES string of the molecule is COc1cc(OC)c2c(c1)C1(C=[P+]1C)OC(CCOCc1ccccc1)O2. The van der Waals surface area contributed by atoms with Crippen LogP contribution >= 0.6 is 7.55 Å². The molecule has 1 spiro atoms. The number of fused-ring (bicyclic) bond motifs is 2. The zero-order chi connectivity index (χ0) is 18.9. The van der Waals surface area contributed by atoms with E-state index in [1.807, 2.05) is 30.3 Å². The lowest BCUT2D eigenvalue weighted by molar-refractivity contribution is -0.139. The Morgan fingerprint density at radius 1 is 1.11 bits per heavy atom. The van der Waals surface area contributed by atoms with Crippen LogP contribution in [-0.4, -0.2) is 39.6 Å². The van der Waals surface area contributed by atoms with Crippen molar-refractivity contribution in [1.29, 1.82) is 0 Å². The monoisotopic (exact) mass is 387 g/mol. The van der Waals surface area contributed by atoms with Crippen molar-refractivity contribution >= 4 is 13.3 Å². The van der Waals surface area contributed by atoms with E-state index in [1.165, 1.54) is 0 Å². The highest BCUT2D eigenvalue weighted by Gasteiger charge is 2.64. The van der Waals surface area contributed by atoms with Crippen LogP contribution < -0.4 is 14.2 Å². The van der Waals surface area contributed by atoms with Crippen molar-refractivity contribution < 1.29 is 23.7 Å². The zero-order valence-electron chi connectivity index (χ0n) is 15.8. The van der Waals surface area contributed by atoms with Crippen molar-refractivity contribution in [2.75, 3.05) is 27.5 Å². The lowest BCUT2D eigenvalue weighted by atomic mass is 10.1. The van der Waals surface area contributed by atoms with Crippen molar-refractivity contribution in [2.45, 2.75) is 24.7 Å². The van der Waals surface area contributed by atoms with Gasteiger partial charge in [0.2, 0.25) is 6.29 Å². The molecule has 6 heteroatoms. The van der Waals surface area contributed by atoms with Gasteiger partial charge in [0.15, 0.2) is 17.3 Å². The molecule has 3 unspecified atom stereocenters. The van der Waals surface area contributed by atoms with Gasteiger partial charge in [-0.1, -0.05) is 30.3 Å². The first-order valence-electron chi connectivity index (χ1n) is 8.98. The van der Waals surface area contributed by atoms with Gasteiger partial charge in [0, 0.05) is 12.5 Å². The first-order valence-corrected chi connectivity index (χ1v) is 10.8. The second-order valence-electron chi connectivity index (χ2n) is 6.63. The normalized spacial score (nSPS) is 24.0. The van der Waals surface area contributed by atoms with Gasteiger partial charge in [-0.2, -0.15) is 0 Å². The van der Waals surface area contributed by atoms with Gasteiger partial charge in [-0.3, -0.25) is 4.74 Å². The molecule has 0 aliphatic carbocycles. The second-order valence-corrected chi connectivity index (χ2v) is 8.78. The fourth-order valence-electron chi connectivity index (χ4n) is 3.32. The van der Waals surface area contributed by atoms with Gasteiger partial charge in [-0.05, 0) is 11.6 Å². The Balaban J connectivity index is 1.45. The molecule has 0 bridgehead atoms. The van der Waals surface area contributed by atoms with Gasteiger partial charge >= 0.3 is 5.34 Å². The summed E-state index contributed by atoms with van der Waals surface area (Å²) < 4.78 is 29.2. The maximum atomic E-state index is 6.33. The van der Waals surface area contributed by atoms with Crippen LogP contribution in [0.2, 0.25) is 0 Å². The molecule has 0 N–H and O–H groups in total. The minimum atomic E-state index is -0.366. The van der Waals surface area contributed by atoms with Crippen LogP contribution in [0.5, 0.6) is 17.2 Å². The molecule has 0 radical (unpaired) electrons. The molecule has 3 atom stereocenters. The molecule has 4 rings (SSSR count). The van der Waals surface area contributed by atoms with Gasteiger partial charge < -0.3 is 18.9 Å². The molecule has 2 aliphatic heterocycles. The molecule has 0 fully saturated rings. The van der Waals surface area contributed by atoms with E-state index in [1.54, 1.807) is 14.2 Å². The molecule has 0 saturated carbocycles. The number of rotatable bonds is 7. The van der Waals surface area contributed by atoms with Crippen molar-refractivity contribution in [3.05, 3.63) is 53.6 Å². The smallest absolute Gasteiger partial charge is 0.315 e. The van der Waals surface area contributed by atoms with Gasteiger partial charge in [0.25, 0.3) is 0 Å². The first-order chi connectivity index (χ1) is 13.2. The van der Waals surface area contributed by atoms with Gasteiger partial charge in [-0.15, -0.1) is 0 Å². The van der Waals surface area contributed by atoms with Crippen LogP contribution in [-0.2, 0) is 21.4 Å². The number of hydrogen-bond donors (Lipinski definition) is 0. The summed E-state index contributed by atoms with van der Waals surface area (Å²) >= 11 is 0. The lowest BCUT2D eigenvalue weighted by Crippen LogP contribution is -2.35. The second kappa shape index (κ2) is 7.51. The van der Waals surface area contributed by atoms with Crippen molar-refractivity contribution in [3.63, 3.8) is 0 Å². The third-order valence-corrected chi connectivity index (χ3v) is 6.86.